The van der Waals surface area contributed by atoms with Crippen molar-refractivity contribution in [2.45, 2.75) is 38.2 Å². The number of aliphatic hydroxyl groups is 1. The van der Waals surface area contributed by atoms with Crippen LogP contribution < -0.4 is 0 Å². The predicted molar refractivity (Wildman–Crippen MR) is 50.2 cm³/mol. The van der Waals surface area contributed by atoms with Crippen LogP contribution in [-0.2, 0) is 4.79 Å². The van der Waals surface area contributed by atoms with Gasteiger partial charge < -0.3 is 5.11 Å². The van der Waals surface area contributed by atoms with Crippen LogP contribution in [0.15, 0.2) is 12.2 Å². The summed E-state index contributed by atoms with van der Waals surface area (Å²) in [7, 11) is 0. The number of allylic oxidation sites excluding steroid dienone is 2. The number of hydrogen-bond donors (Lipinski definition) is 1. The van der Waals surface area contributed by atoms with Gasteiger partial charge in [0.05, 0.1) is 6.10 Å². The molecule has 0 aromatic carbocycles. The van der Waals surface area contributed by atoms with E-state index in [0.29, 0.717) is 12.3 Å². The fraction of sp³-hybridized carbons (Fsp3) is 0.727. The molecule has 1 fully saturated rings. The maximum absolute atomic E-state index is 11.5. The lowest BCUT2D eigenvalue weighted by molar-refractivity contribution is -0.124. The van der Waals surface area contributed by atoms with E-state index in [9.17, 15) is 9.90 Å². The van der Waals surface area contributed by atoms with Crippen molar-refractivity contribution < 1.29 is 9.90 Å². The molecule has 0 bridgehead atoms. The van der Waals surface area contributed by atoms with Crippen molar-refractivity contribution in [3.05, 3.63) is 12.2 Å². The number of rotatable bonds is 0. The molecule has 3 atom stereocenters. The molecule has 0 aromatic rings. The molecule has 2 rings (SSSR count). The Kier molecular flexibility index (Phi) is 2.49. The molecule has 0 radical (unpaired) electrons. The molecular weight excluding hydrogens is 164 g/mol. The third-order valence-electron chi connectivity index (χ3n) is 3.29. The van der Waals surface area contributed by atoms with Crippen molar-refractivity contribution in [2.75, 3.05) is 0 Å². The Balaban J connectivity index is 2.16. The van der Waals surface area contributed by atoms with E-state index in [1.807, 2.05) is 0 Å². The summed E-state index contributed by atoms with van der Waals surface area (Å²) in [4.78, 5) is 11.5. The molecule has 0 amide bonds. The Morgan fingerprint density at radius 3 is 3.00 bits per heavy atom. The van der Waals surface area contributed by atoms with Gasteiger partial charge in [0, 0.05) is 12.3 Å². The summed E-state index contributed by atoms with van der Waals surface area (Å²) in [5, 5.41) is 9.80. The van der Waals surface area contributed by atoms with Crippen LogP contribution in [0.3, 0.4) is 0 Å². The highest BCUT2D eigenvalue weighted by atomic mass is 16.3. The van der Waals surface area contributed by atoms with Crippen LogP contribution in [0, 0.1) is 11.8 Å². The zero-order valence-electron chi connectivity index (χ0n) is 7.78. The van der Waals surface area contributed by atoms with E-state index in [2.05, 4.69) is 12.2 Å². The first kappa shape index (κ1) is 8.95. The average molecular weight is 180 g/mol. The smallest absolute Gasteiger partial charge is 0.138 e. The fourth-order valence-corrected chi connectivity index (χ4v) is 2.57. The second-order valence-corrected chi connectivity index (χ2v) is 4.14. The van der Waals surface area contributed by atoms with Crippen LogP contribution in [0.1, 0.15) is 32.1 Å². The molecule has 0 spiro atoms. The van der Waals surface area contributed by atoms with Crippen LogP contribution >= 0.6 is 0 Å². The summed E-state index contributed by atoms with van der Waals surface area (Å²) in [6.07, 6.45) is 8.22. The first-order valence-corrected chi connectivity index (χ1v) is 5.15. The molecule has 0 aliphatic heterocycles. The molecule has 0 heterocycles. The zero-order chi connectivity index (χ0) is 9.26. The monoisotopic (exact) mass is 180 g/mol. The van der Waals surface area contributed by atoms with Gasteiger partial charge in [-0.1, -0.05) is 12.2 Å². The number of carbonyl (C=O) groups is 1. The van der Waals surface area contributed by atoms with Crippen molar-refractivity contribution in [1.82, 2.24) is 0 Å². The van der Waals surface area contributed by atoms with Crippen molar-refractivity contribution in [2.24, 2.45) is 11.8 Å². The van der Waals surface area contributed by atoms with Gasteiger partial charge in [-0.15, -0.1) is 0 Å². The van der Waals surface area contributed by atoms with E-state index in [0.717, 1.165) is 25.7 Å². The number of aliphatic hydroxyl groups excluding tert-OH is 1. The number of carbonyl (C=O) groups excluding carboxylic acids is 1. The Labute approximate surface area is 78.6 Å². The summed E-state index contributed by atoms with van der Waals surface area (Å²) in [6, 6.07) is 0. The lowest BCUT2D eigenvalue weighted by Crippen LogP contribution is -2.29. The van der Waals surface area contributed by atoms with Crippen LogP contribution in [0.4, 0.5) is 0 Å². The topological polar surface area (TPSA) is 37.3 Å². The van der Waals surface area contributed by atoms with E-state index in [4.69, 9.17) is 0 Å². The summed E-state index contributed by atoms with van der Waals surface area (Å²) in [5.74, 6) is 0.650. The SMILES string of the molecule is O=C1CC[C@@H]2C/C=C\CC[C@@H](O)[C@@H]12. The molecule has 2 nitrogen and oxygen atoms in total. The van der Waals surface area contributed by atoms with Crippen LogP contribution in [0.5, 0.6) is 0 Å². The summed E-state index contributed by atoms with van der Waals surface area (Å²) >= 11 is 0. The predicted octanol–water partition coefficient (Wildman–Crippen LogP) is 1.68. The number of hydrogen-bond acceptors (Lipinski definition) is 2. The molecule has 2 heteroatoms. The Hall–Kier alpha value is -0.630. The maximum Gasteiger partial charge on any atom is 0.138 e. The second-order valence-electron chi connectivity index (χ2n) is 4.14. The molecule has 2 aliphatic rings. The quantitative estimate of drug-likeness (QED) is 0.576. The average Bonchev–Trinajstić information content (AvgIpc) is 2.42. The van der Waals surface area contributed by atoms with E-state index >= 15 is 0 Å². The number of Topliss-reactive ketones (excluding diaryl/α,β-unsaturated/α-hetero) is 1. The molecule has 0 saturated heterocycles. The lowest BCUT2D eigenvalue weighted by Gasteiger charge is -2.23. The van der Waals surface area contributed by atoms with Gasteiger partial charge in [0.25, 0.3) is 0 Å². The molecule has 2 aliphatic carbocycles. The largest absolute Gasteiger partial charge is 0.392 e. The Morgan fingerprint density at radius 1 is 1.31 bits per heavy atom. The van der Waals surface area contributed by atoms with Gasteiger partial charge in [0.15, 0.2) is 0 Å². The number of fused-ring (bicyclic) bond motifs is 1. The van der Waals surface area contributed by atoms with Gasteiger partial charge in [0.2, 0.25) is 0 Å². The molecule has 0 unspecified atom stereocenters. The van der Waals surface area contributed by atoms with Crippen LogP contribution in [-0.4, -0.2) is 17.0 Å². The van der Waals surface area contributed by atoms with Gasteiger partial charge in [0.1, 0.15) is 5.78 Å². The molecule has 0 aromatic heterocycles. The molecule has 72 valence electrons. The number of ketones is 1. The Bertz CT molecular complexity index is 232. The van der Waals surface area contributed by atoms with E-state index in [-0.39, 0.29) is 17.8 Å². The van der Waals surface area contributed by atoms with Crippen LogP contribution in [0.2, 0.25) is 0 Å². The minimum absolute atomic E-state index is 0.0510. The molecule has 1 N–H and O–H groups in total. The highest BCUT2D eigenvalue weighted by Gasteiger charge is 2.38. The van der Waals surface area contributed by atoms with E-state index in [1.54, 1.807) is 0 Å². The van der Waals surface area contributed by atoms with Crippen molar-refractivity contribution in [3.63, 3.8) is 0 Å². The van der Waals surface area contributed by atoms with E-state index < -0.39 is 0 Å². The normalized spacial score (nSPS) is 42.2. The second kappa shape index (κ2) is 3.62. The van der Waals surface area contributed by atoms with Gasteiger partial charge in [-0.3, -0.25) is 4.79 Å². The fourth-order valence-electron chi connectivity index (χ4n) is 2.57. The minimum Gasteiger partial charge on any atom is -0.392 e. The summed E-state index contributed by atoms with van der Waals surface area (Å²) in [5.41, 5.74) is 0. The van der Waals surface area contributed by atoms with Gasteiger partial charge in [-0.25, -0.2) is 0 Å². The molecule has 13 heavy (non-hydrogen) atoms. The van der Waals surface area contributed by atoms with Gasteiger partial charge in [-0.2, -0.15) is 0 Å². The minimum atomic E-state index is -0.384. The van der Waals surface area contributed by atoms with Crippen LogP contribution in [0.25, 0.3) is 0 Å². The highest BCUT2D eigenvalue weighted by molar-refractivity contribution is 5.84. The standard InChI is InChI=1S/C11H16O2/c12-9-5-3-1-2-4-8-6-7-10(13)11(8)9/h1-2,8-9,11-12H,3-7H2/b2-1-/t8-,9+,11-/m0/s1. The van der Waals surface area contributed by atoms with Crippen molar-refractivity contribution >= 4 is 5.78 Å². The first-order valence-electron chi connectivity index (χ1n) is 5.15. The Morgan fingerprint density at radius 2 is 2.15 bits per heavy atom. The highest BCUT2D eigenvalue weighted by Crippen LogP contribution is 2.36. The van der Waals surface area contributed by atoms with E-state index in [1.165, 1.54) is 0 Å². The summed E-state index contributed by atoms with van der Waals surface area (Å²) in [6.45, 7) is 0. The molecule has 1 saturated carbocycles. The third-order valence-corrected chi connectivity index (χ3v) is 3.29. The van der Waals surface area contributed by atoms with Gasteiger partial charge >= 0.3 is 0 Å². The summed E-state index contributed by atoms with van der Waals surface area (Å²) < 4.78 is 0. The molecular formula is C11H16O2. The van der Waals surface area contributed by atoms with Crippen molar-refractivity contribution in [3.8, 4) is 0 Å². The third kappa shape index (κ3) is 1.68. The van der Waals surface area contributed by atoms with Crippen molar-refractivity contribution in [1.29, 1.82) is 0 Å². The first-order chi connectivity index (χ1) is 6.29. The zero-order valence-corrected chi connectivity index (χ0v) is 7.78. The maximum atomic E-state index is 11.5. The lowest BCUT2D eigenvalue weighted by atomic mass is 9.84. The van der Waals surface area contributed by atoms with Gasteiger partial charge in [-0.05, 0) is 31.6 Å².